The molecule has 3 aromatic carbocycles. The fourth-order valence-corrected chi connectivity index (χ4v) is 4.83. The number of nitrogens with one attached hydrogen (secondary N) is 1. The molecular weight excluding hydrogens is 424 g/mol. The van der Waals surface area contributed by atoms with E-state index in [1.54, 1.807) is 49.5 Å². The highest BCUT2D eigenvalue weighted by molar-refractivity contribution is 8.00. The lowest BCUT2D eigenvalue weighted by molar-refractivity contribution is -0.115. The largest absolute Gasteiger partial charge is 0.497 e. The first-order valence-electron chi connectivity index (χ1n) is 10.1. The molecule has 2 amide bonds. The number of carbonyl (C=O) groups is 2. The molecule has 0 aromatic heterocycles. The van der Waals surface area contributed by atoms with Gasteiger partial charge in [0.05, 0.1) is 25.7 Å². The molecule has 0 bridgehead atoms. The van der Waals surface area contributed by atoms with Crippen LogP contribution >= 0.6 is 11.8 Å². The lowest BCUT2D eigenvalue weighted by atomic mass is 10.1. The average molecular weight is 449 g/mol. The summed E-state index contributed by atoms with van der Waals surface area (Å²) in [6.07, 6.45) is 0. The van der Waals surface area contributed by atoms with Gasteiger partial charge in [-0.1, -0.05) is 35.9 Å². The molecule has 0 radical (unpaired) electrons. The molecule has 1 aliphatic heterocycles. The molecule has 7 heteroatoms. The summed E-state index contributed by atoms with van der Waals surface area (Å²) in [6, 6.07) is 20.3. The third kappa shape index (κ3) is 4.29. The minimum Gasteiger partial charge on any atom is -0.497 e. The van der Waals surface area contributed by atoms with Crippen LogP contribution in [0, 0.1) is 6.92 Å². The highest BCUT2D eigenvalue weighted by atomic mass is 32.2. The van der Waals surface area contributed by atoms with Crippen molar-refractivity contribution in [2.45, 2.75) is 12.3 Å². The summed E-state index contributed by atoms with van der Waals surface area (Å²) in [7, 11) is 3.16. The van der Waals surface area contributed by atoms with E-state index >= 15 is 0 Å². The summed E-state index contributed by atoms with van der Waals surface area (Å²) in [5.41, 5.74) is 3.80. The molecule has 0 saturated carbocycles. The van der Waals surface area contributed by atoms with Crippen molar-refractivity contribution in [3.63, 3.8) is 0 Å². The van der Waals surface area contributed by atoms with Gasteiger partial charge in [-0.2, -0.15) is 0 Å². The first kappa shape index (κ1) is 21.8. The number of hydrogen-bond acceptors (Lipinski definition) is 5. The third-order valence-electron chi connectivity index (χ3n) is 5.30. The SMILES string of the molecule is COc1ccc(OC)c(N2C(=O)CSC2c2ccccc2NC(=O)c2ccc(C)cc2)c1. The second-order valence-corrected chi connectivity index (χ2v) is 8.44. The minimum atomic E-state index is -0.321. The van der Waals surface area contributed by atoms with E-state index in [9.17, 15) is 9.59 Å². The van der Waals surface area contributed by atoms with Crippen LogP contribution in [0.3, 0.4) is 0 Å². The van der Waals surface area contributed by atoms with Crippen LogP contribution in [-0.2, 0) is 4.79 Å². The second kappa shape index (κ2) is 9.36. The monoisotopic (exact) mass is 448 g/mol. The lowest BCUT2D eigenvalue weighted by Crippen LogP contribution is -2.29. The summed E-state index contributed by atoms with van der Waals surface area (Å²) in [5, 5.41) is 2.69. The predicted molar refractivity (Wildman–Crippen MR) is 128 cm³/mol. The van der Waals surface area contributed by atoms with Crippen molar-refractivity contribution in [3.05, 3.63) is 83.4 Å². The Morgan fingerprint density at radius 2 is 1.78 bits per heavy atom. The molecule has 1 saturated heterocycles. The molecule has 1 heterocycles. The summed E-state index contributed by atoms with van der Waals surface area (Å²) in [6.45, 7) is 1.98. The smallest absolute Gasteiger partial charge is 0.255 e. The first-order valence-corrected chi connectivity index (χ1v) is 11.2. The number of para-hydroxylation sites is 1. The second-order valence-electron chi connectivity index (χ2n) is 7.37. The Labute approximate surface area is 191 Å². The maximum atomic E-state index is 12.9. The Bertz CT molecular complexity index is 1150. The van der Waals surface area contributed by atoms with Crippen molar-refractivity contribution in [2.75, 3.05) is 30.2 Å². The standard InChI is InChI=1S/C25H24N2O4S/c1-16-8-10-17(11-9-16)24(29)26-20-7-5-4-6-19(20)25-27(23(28)15-32-25)21-14-18(30-2)12-13-22(21)31-3/h4-14,25H,15H2,1-3H3,(H,26,29). The maximum Gasteiger partial charge on any atom is 0.255 e. The van der Waals surface area contributed by atoms with Crippen LogP contribution in [0.25, 0.3) is 0 Å². The molecule has 3 aromatic rings. The molecule has 1 fully saturated rings. The van der Waals surface area contributed by atoms with Gasteiger partial charge in [-0.05, 0) is 37.3 Å². The van der Waals surface area contributed by atoms with Crippen molar-refractivity contribution in [1.29, 1.82) is 0 Å². The predicted octanol–water partition coefficient (Wildman–Crippen LogP) is 5.04. The Morgan fingerprint density at radius 1 is 1.03 bits per heavy atom. The topological polar surface area (TPSA) is 67.9 Å². The lowest BCUT2D eigenvalue weighted by Gasteiger charge is -2.27. The van der Waals surface area contributed by atoms with Gasteiger partial charge < -0.3 is 14.8 Å². The van der Waals surface area contributed by atoms with Gasteiger partial charge in [0.15, 0.2) is 0 Å². The quantitative estimate of drug-likeness (QED) is 0.572. The number of anilines is 2. The zero-order valence-electron chi connectivity index (χ0n) is 18.1. The van der Waals surface area contributed by atoms with Gasteiger partial charge in [0.25, 0.3) is 5.91 Å². The number of benzene rings is 3. The van der Waals surface area contributed by atoms with E-state index in [0.29, 0.717) is 34.2 Å². The number of hydrogen-bond donors (Lipinski definition) is 1. The van der Waals surface area contributed by atoms with E-state index in [0.717, 1.165) is 11.1 Å². The number of carbonyl (C=O) groups excluding carboxylic acids is 2. The number of thioether (sulfide) groups is 1. The maximum absolute atomic E-state index is 12.9. The van der Waals surface area contributed by atoms with Crippen LogP contribution in [0.15, 0.2) is 66.7 Å². The van der Waals surface area contributed by atoms with Crippen molar-refractivity contribution in [2.24, 2.45) is 0 Å². The fourth-order valence-electron chi connectivity index (χ4n) is 3.63. The summed E-state index contributed by atoms with van der Waals surface area (Å²) >= 11 is 1.51. The normalized spacial score (nSPS) is 15.5. The van der Waals surface area contributed by atoms with E-state index in [1.165, 1.54) is 11.8 Å². The molecule has 4 rings (SSSR count). The molecule has 1 aliphatic rings. The van der Waals surface area contributed by atoms with Crippen molar-refractivity contribution in [3.8, 4) is 11.5 Å². The van der Waals surface area contributed by atoms with E-state index in [2.05, 4.69) is 5.32 Å². The van der Waals surface area contributed by atoms with Crippen LogP contribution in [0.2, 0.25) is 0 Å². The highest BCUT2D eigenvalue weighted by Gasteiger charge is 2.37. The number of amides is 2. The van der Waals surface area contributed by atoms with Crippen LogP contribution in [0.4, 0.5) is 11.4 Å². The van der Waals surface area contributed by atoms with Gasteiger partial charge in [-0.25, -0.2) is 0 Å². The molecular formula is C25H24N2O4S. The molecule has 1 atom stereocenters. The van der Waals surface area contributed by atoms with Gasteiger partial charge in [0.2, 0.25) is 5.91 Å². The number of methoxy groups -OCH3 is 2. The van der Waals surface area contributed by atoms with Crippen molar-refractivity contribution >= 4 is 35.0 Å². The molecule has 6 nitrogen and oxygen atoms in total. The van der Waals surface area contributed by atoms with Gasteiger partial charge >= 0.3 is 0 Å². The van der Waals surface area contributed by atoms with E-state index in [1.807, 2.05) is 43.3 Å². The van der Waals surface area contributed by atoms with Gasteiger partial charge in [-0.15, -0.1) is 11.8 Å². The Kier molecular flexibility index (Phi) is 6.37. The van der Waals surface area contributed by atoms with E-state index in [4.69, 9.17) is 9.47 Å². The van der Waals surface area contributed by atoms with Crippen LogP contribution in [-0.4, -0.2) is 31.8 Å². The molecule has 32 heavy (non-hydrogen) atoms. The zero-order chi connectivity index (χ0) is 22.7. The minimum absolute atomic E-state index is 0.0359. The summed E-state index contributed by atoms with van der Waals surface area (Å²) < 4.78 is 10.9. The Morgan fingerprint density at radius 3 is 2.50 bits per heavy atom. The Balaban J connectivity index is 1.70. The number of ether oxygens (including phenoxy) is 2. The molecule has 164 valence electrons. The highest BCUT2D eigenvalue weighted by Crippen LogP contribution is 2.47. The van der Waals surface area contributed by atoms with E-state index < -0.39 is 0 Å². The van der Waals surface area contributed by atoms with Gasteiger partial charge in [-0.3, -0.25) is 14.5 Å². The fraction of sp³-hybridized carbons (Fsp3) is 0.200. The van der Waals surface area contributed by atoms with E-state index in [-0.39, 0.29) is 17.2 Å². The average Bonchev–Trinajstić information content (AvgIpc) is 3.20. The summed E-state index contributed by atoms with van der Waals surface area (Å²) in [4.78, 5) is 27.5. The molecule has 0 spiro atoms. The van der Waals surface area contributed by atoms with Gasteiger partial charge in [0, 0.05) is 22.9 Å². The molecule has 0 aliphatic carbocycles. The van der Waals surface area contributed by atoms with Crippen molar-refractivity contribution in [1.82, 2.24) is 0 Å². The third-order valence-corrected chi connectivity index (χ3v) is 6.50. The Hall–Kier alpha value is -3.45. The van der Waals surface area contributed by atoms with Crippen LogP contribution < -0.4 is 19.7 Å². The van der Waals surface area contributed by atoms with Crippen LogP contribution in [0.5, 0.6) is 11.5 Å². The zero-order valence-corrected chi connectivity index (χ0v) is 18.9. The molecule has 1 unspecified atom stereocenters. The number of rotatable bonds is 6. The molecule has 1 N–H and O–H groups in total. The van der Waals surface area contributed by atoms with Crippen molar-refractivity contribution < 1.29 is 19.1 Å². The number of nitrogens with zero attached hydrogens (tertiary/aromatic N) is 1. The van der Waals surface area contributed by atoms with Crippen LogP contribution in [0.1, 0.15) is 26.9 Å². The first-order chi connectivity index (χ1) is 15.5. The summed E-state index contributed by atoms with van der Waals surface area (Å²) in [5.74, 6) is 1.30. The number of aryl methyl sites for hydroxylation is 1. The van der Waals surface area contributed by atoms with Gasteiger partial charge in [0.1, 0.15) is 16.9 Å².